The lowest BCUT2D eigenvalue weighted by atomic mass is 10.4. The largest absolute Gasteiger partial charge is 0.394 e. The van der Waals surface area contributed by atoms with Gasteiger partial charge in [0, 0.05) is 11.8 Å². The second-order valence-corrected chi connectivity index (χ2v) is 4.46. The lowest BCUT2D eigenvalue weighted by molar-refractivity contribution is 0.113. The summed E-state index contributed by atoms with van der Waals surface area (Å²) < 4.78 is 1.53. The quantitative estimate of drug-likeness (QED) is 0.605. The van der Waals surface area contributed by atoms with E-state index in [0.29, 0.717) is 16.7 Å². The van der Waals surface area contributed by atoms with E-state index in [-0.39, 0.29) is 6.61 Å². The number of rotatable bonds is 4. The SMILES string of the molecule is OCC(O)CSc1cc(Cl)nc2ncnn12. The monoisotopic (exact) mass is 260 g/mol. The van der Waals surface area contributed by atoms with Crippen LogP contribution in [-0.4, -0.2) is 48.3 Å². The lowest BCUT2D eigenvalue weighted by Gasteiger charge is -2.07. The summed E-state index contributed by atoms with van der Waals surface area (Å²) in [5, 5.41) is 23.0. The number of nitrogens with zero attached hydrogens (tertiary/aromatic N) is 4. The van der Waals surface area contributed by atoms with E-state index in [1.54, 1.807) is 6.07 Å². The van der Waals surface area contributed by atoms with E-state index in [2.05, 4.69) is 15.1 Å². The van der Waals surface area contributed by atoms with E-state index in [4.69, 9.17) is 16.7 Å². The maximum Gasteiger partial charge on any atom is 0.254 e. The average Bonchev–Trinajstić information content (AvgIpc) is 2.73. The number of hydrogen-bond donors (Lipinski definition) is 2. The van der Waals surface area contributed by atoms with E-state index in [1.807, 2.05) is 0 Å². The van der Waals surface area contributed by atoms with Crippen LogP contribution in [-0.2, 0) is 0 Å². The summed E-state index contributed by atoms with van der Waals surface area (Å²) in [6, 6.07) is 1.64. The highest BCUT2D eigenvalue weighted by Crippen LogP contribution is 2.21. The zero-order valence-corrected chi connectivity index (χ0v) is 9.69. The molecule has 2 aromatic rings. The van der Waals surface area contributed by atoms with Crippen molar-refractivity contribution in [3.63, 3.8) is 0 Å². The number of aliphatic hydroxyl groups excluding tert-OH is 2. The van der Waals surface area contributed by atoms with Gasteiger partial charge >= 0.3 is 0 Å². The second kappa shape index (κ2) is 4.96. The Balaban J connectivity index is 2.25. The molecule has 6 nitrogen and oxygen atoms in total. The van der Waals surface area contributed by atoms with E-state index >= 15 is 0 Å². The minimum absolute atomic E-state index is 0.272. The minimum atomic E-state index is -0.768. The average molecular weight is 261 g/mol. The number of fused-ring (bicyclic) bond motifs is 1. The van der Waals surface area contributed by atoms with E-state index in [9.17, 15) is 5.11 Å². The van der Waals surface area contributed by atoms with Gasteiger partial charge in [-0.15, -0.1) is 11.8 Å². The molecule has 0 aliphatic carbocycles. The van der Waals surface area contributed by atoms with Crippen molar-refractivity contribution in [2.24, 2.45) is 0 Å². The molecule has 1 atom stereocenters. The molecule has 0 aromatic carbocycles. The van der Waals surface area contributed by atoms with Crippen molar-refractivity contribution in [1.29, 1.82) is 0 Å². The maximum atomic E-state index is 9.25. The Labute approximate surface area is 100 Å². The van der Waals surface area contributed by atoms with Crippen LogP contribution in [0.3, 0.4) is 0 Å². The Hall–Kier alpha value is -0.890. The topological polar surface area (TPSA) is 83.5 Å². The molecule has 0 spiro atoms. The number of thioether (sulfide) groups is 1. The van der Waals surface area contributed by atoms with E-state index in [0.717, 1.165) is 5.03 Å². The number of halogens is 1. The Bertz CT molecular complexity index is 492. The molecule has 0 aliphatic heterocycles. The molecule has 2 aromatic heterocycles. The molecule has 0 fully saturated rings. The molecule has 0 saturated carbocycles. The summed E-state index contributed by atoms with van der Waals surface area (Å²) in [6.07, 6.45) is 0.612. The predicted octanol–water partition coefficient (Wildman–Crippen LogP) is 0.223. The fraction of sp³-hybridized carbons (Fsp3) is 0.375. The predicted molar refractivity (Wildman–Crippen MR) is 59.6 cm³/mol. The molecule has 0 saturated heterocycles. The third kappa shape index (κ3) is 2.43. The van der Waals surface area contributed by atoms with Crippen molar-refractivity contribution in [2.45, 2.75) is 11.1 Å². The van der Waals surface area contributed by atoms with Crippen LogP contribution in [0.1, 0.15) is 0 Å². The summed E-state index contributed by atoms with van der Waals surface area (Å²) in [4.78, 5) is 7.89. The third-order valence-corrected chi connectivity index (χ3v) is 3.15. The minimum Gasteiger partial charge on any atom is -0.394 e. The highest BCUT2D eigenvalue weighted by atomic mass is 35.5. The number of aliphatic hydroxyl groups is 2. The fourth-order valence-corrected chi connectivity index (χ4v) is 2.25. The molecule has 2 rings (SSSR count). The van der Waals surface area contributed by atoms with Gasteiger partial charge in [-0.25, -0.2) is 0 Å². The van der Waals surface area contributed by atoms with E-state index in [1.165, 1.54) is 22.6 Å². The molecular formula is C8H9ClN4O2S. The molecular weight excluding hydrogens is 252 g/mol. The standard InChI is InChI=1S/C8H9ClN4O2S/c9-6-1-7(16-3-5(15)2-14)13-8(12-6)10-4-11-13/h1,4-5,14-15H,2-3H2. The smallest absolute Gasteiger partial charge is 0.254 e. The van der Waals surface area contributed by atoms with Gasteiger partial charge in [-0.3, -0.25) is 0 Å². The number of aromatic nitrogens is 4. The Morgan fingerprint density at radius 1 is 1.56 bits per heavy atom. The van der Waals surface area contributed by atoms with Crippen LogP contribution < -0.4 is 0 Å². The summed E-state index contributed by atoms with van der Waals surface area (Å²) in [6.45, 7) is -0.272. The first-order valence-electron chi connectivity index (χ1n) is 4.48. The van der Waals surface area contributed by atoms with Crippen molar-refractivity contribution in [3.8, 4) is 0 Å². The van der Waals surface area contributed by atoms with Crippen LogP contribution in [0.15, 0.2) is 17.4 Å². The molecule has 16 heavy (non-hydrogen) atoms. The lowest BCUT2D eigenvalue weighted by Crippen LogP contribution is -2.15. The molecule has 8 heteroatoms. The van der Waals surface area contributed by atoms with Crippen LogP contribution in [0.2, 0.25) is 5.15 Å². The molecule has 0 amide bonds. The summed E-state index contributed by atoms with van der Waals surface area (Å²) >= 11 is 7.14. The maximum absolute atomic E-state index is 9.25. The van der Waals surface area contributed by atoms with Crippen molar-refractivity contribution < 1.29 is 10.2 Å². The molecule has 86 valence electrons. The van der Waals surface area contributed by atoms with Gasteiger partial charge in [-0.2, -0.15) is 19.6 Å². The first-order valence-corrected chi connectivity index (χ1v) is 5.85. The van der Waals surface area contributed by atoms with Gasteiger partial charge in [0.15, 0.2) is 0 Å². The molecule has 0 bridgehead atoms. The number of hydrogen-bond acceptors (Lipinski definition) is 6. The summed E-state index contributed by atoms with van der Waals surface area (Å²) in [5.41, 5.74) is 0. The Morgan fingerprint density at radius 3 is 3.12 bits per heavy atom. The fourth-order valence-electron chi connectivity index (χ4n) is 1.10. The van der Waals surface area contributed by atoms with Crippen LogP contribution in [0.25, 0.3) is 5.78 Å². The van der Waals surface area contributed by atoms with Gasteiger partial charge in [0.1, 0.15) is 16.5 Å². The van der Waals surface area contributed by atoms with Gasteiger partial charge in [0.2, 0.25) is 0 Å². The van der Waals surface area contributed by atoms with Gasteiger partial charge < -0.3 is 10.2 Å². The van der Waals surface area contributed by atoms with Crippen molar-refractivity contribution in [1.82, 2.24) is 19.6 Å². The Kier molecular flexibility index (Phi) is 3.59. The summed E-state index contributed by atoms with van der Waals surface area (Å²) in [5.74, 6) is 0.764. The van der Waals surface area contributed by atoms with Crippen molar-refractivity contribution >= 4 is 29.1 Å². The molecule has 1 unspecified atom stereocenters. The van der Waals surface area contributed by atoms with Crippen molar-refractivity contribution in [3.05, 3.63) is 17.5 Å². The van der Waals surface area contributed by atoms with Crippen molar-refractivity contribution in [2.75, 3.05) is 12.4 Å². The second-order valence-electron chi connectivity index (χ2n) is 3.04. The first kappa shape index (κ1) is 11.6. The molecule has 0 radical (unpaired) electrons. The molecule has 2 N–H and O–H groups in total. The van der Waals surface area contributed by atoms with Crippen LogP contribution in [0.4, 0.5) is 0 Å². The normalized spacial score (nSPS) is 13.2. The highest BCUT2D eigenvalue weighted by Gasteiger charge is 2.09. The third-order valence-electron chi connectivity index (χ3n) is 1.82. The van der Waals surface area contributed by atoms with Crippen LogP contribution in [0.5, 0.6) is 0 Å². The van der Waals surface area contributed by atoms with E-state index < -0.39 is 6.10 Å². The molecule has 0 aliphatic rings. The van der Waals surface area contributed by atoms with Crippen LogP contribution in [0, 0.1) is 0 Å². The zero-order valence-electron chi connectivity index (χ0n) is 8.12. The highest BCUT2D eigenvalue weighted by molar-refractivity contribution is 7.99. The van der Waals surface area contributed by atoms with Gasteiger partial charge in [0.05, 0.1) is 12.7 Å². The van der Waals surface area contributed by atoms with Gasteiger partial charge in [-0.1, -0.05) is 11.6 Å². The Morgan fingerprint density at radius 2 is 2.38 bits per heavy atom. The molecule has 2 heterocycles. The van der Waals surface area contributed by atoms with Gasteiger partial charge in [-0.05, 0) is 0 Å². The summed E-state index contributed by atoms with van der Waals surface area (Å²) in [7, 11) is 0. The zero-order chi connectivity index (χ0) is 11.5. The van der Waals surface area contributed by atoms with Gasteiger partial charge in [0.25, 0.3) is 5.78 Å². The first-order chi connectivity index (χ1) is 7.70. The van der Waals surface area contributed by atoms with Crippen LogP contribution >= 0.6 is 23.4 Å².